The number of Topliss-reactive ketones (excluding diaryl/α,β-unsaturated/α-hetero) is 1. The van der Waals surface area contributed by atoms with E-state index in [2.05, 4.69) is 15.9 Å². The van der Waals surface area contributed by atoms with E-state index >= 15 is 0 Å². The van der Waals surface area contributed by atoms with Gasteiger partial charge in [0.25, 0.3) is 0 Å². The summed E-state index contributed by atoms with van der Waals surface area (Å²) < 4.78 is 5.84. The van der Waals surface area contributed by atoms with Gasteiger partial charge in [-0.2, -0.15) is 0 Å². The van der Waals surface area contributed by atoms with Crippen LogP contribution in [0.5, 0.6) is 0 Å². The lowest BCUT2D eigenvalue weighted by Crippen LogP contribution is -2.12. The Bertz CT molecular complexity index is 412. The molecular formula is C14H17BrO3. The molecule has 0 fully saturated rings. The fraction of sp³-hybridized carbons (Fsp3) is 0.429. The standard InChI is InChI=1S/C14H17BrO3/c1-3-18-14(17)9-8-13(10(2)16)11-4-6-12(15)7-5-11/h4-7,13H,3,8-9H2,1-2H3. The Hall–Kier alpha value is -1.16. The Kier molecular flexibility index (Phi) is 6.05. The van der Waals surface area contributed by atoms with Crippen molar-refractivity contribution < 1.29 is 14.3 Å². The van der Waals surface area contributed by atoms with Gasteiger partial charge < -0.3 is 4.74 Å². The molecule has 18 heavy (non-hydrogen) atoms. The maximum atomic E-state index is 11.6. The third kappa shape index (κ3) is 4.61. The Labute approximate surface area is 116 Å². The number of ketones is 1. The van der Waals surface area contributed by atoms with Gasteiger partial charge in [0.15, 0.2) is 0 Å². The first-order valence-electron chi connectivity index (χ1n) is 5.96. The molecule has 0 aliphatic carbocycles. The van der Waals surface area contributed by atoms with E-state index < -0.39 is 0 Å². The molecule has 0 amide bonds. The molecule has 0 N–H and O–H groups in total. The summed E-state index contributed by atoms with van der Waals surface area (Å²) in [6.07, 6.45) is 0.768. The minimum Gasteiger partial charge on any atom is -0.466 e. The topological polar surface area (TPSA) is 43.4 Å². The third-order valence-electron chi connectivity index (χ3n) is 2.71. The fourth-order valence-electron chi connectivity index (χ4n) is 1.80. The van der Waals surface area contributed by atoms with Crippen molar-refractivity contribution in [2.75, 3.05) is 6.61 Å². The van der Waals surface area contributed by atoms with Crippen molar-refractivity contribution in [1.82, 2.24) is 0 Å². The fourth-order valence-corrected chi connectivity index (χ4v) is 2.06. The molecule has 0 aromatic heterocycles. The number of carbonyl (C=O) groups excluding carboxylic acids is 2. The molecule has 0 bridgehead atoms. The molecule has 1 unspecified atom stereocenters. The van der Waals surface area contributed by atoms with Crippen LogP contribution >= 0.6 is 15.9 Å². The predicted octanol–water partition coefficient (Wildman–Crippen LogP) is 3.47. The zero-order chi connectivity index (χ0) is 13.5. The van der Waals surface area contributed by atoms with E-state index in [0.717, 1.165) is 10.0 Å². The summed E-state index contributed by atoms with van der Waals surface area (Å²) in [6, 6.07) is 7.61. The minimum absolute atomic E-state index is 0.0709. The molecule has 1 atom stereocenters. The second kappa shape index (κ2) is 7.31. The van der Waals surface area contributed by atoms with Gasteiger partial charge in [-0.3, -0.25) is 9.59 Å². The highest BCUT2D eigenvalue weighted by molar-refractivity contribution is 9.10. The van der Waals surface area contributed by atoms with Gasteiger partial charge in [-0.25, -0.2) is 0 Å². The Balaban J connectivity index is 2.69. The molecule has 0 radical (unpaired) electrons. The molecule has 0 saturated heterocycles. The number of halogens is 1. The summed E-state index contributed by atoms with van der Waals surface area (Å²) in [5.41, 5.74) is 0.940. The van der Waals surface area contributed by atoms with Crippen molar-refractivity contribution in [2.24, 2.45) is 0 Å². The summed E-state index contributed by atoms with van der Waals surface area (Å²) >= 11 is 3.36. The van der Waals surface area contributed by atoms with Gasteiger partial charge in [0, 0.05) is 16.8 Å². The predicted molar refractivity (Wildman–Crippen MR) is 73.4 cm³/mol. The van der Waals surface area contributed by atoms with Crippen molar-refractivity contribution >= 4 is 27.7 Å². The molecule has 98 valence electrons. The summed E-state index contributed by atoms with van der Waals surface area (Å²) in [5, 5.41) is 0. The Morgan fingerprint density at radius 2 is 1.89 bits per heavy atom. The van der Waals surface area contributed by atoms with Crippen molar-refractivity contribution in [1.29, 1.82) is 0 Å². The molecule has 1 rings (SSSR count). The monoisotopic (exact) mass is 312 g/mol. The highest BCUT2D eigenvalue weighted by atomic mass is 79.9. The quantitative estimate of drug-likeness (QED) is 0.755. The normalized spacial score (nSPS) is 11.9. The first-order chi connectivity index (χ1) is 8.54. The van der Waals surface area contributed by atoms with Crippen LogP contribution in [0.1, 0.15) is 38.2 Å². The van der Waals surface area contributed by atoms with Crippen LogP contribution in [0, 0.1) is 0 Å². The third-order valence-corrected chi connectivity index (χ3v) is 3.23. The van der Waals surface area contributed by atoms with Crippen molar-refractivity contribution in [3.8, 4) is 0 Å². The number of carbonyl (C=O) groups is 2. The van der Waals surface area contributed by atoms with E-state index in [1.807, 2.05) is 24.3 Å². The molecule has 4 heteroatoms. The Morgan fingerprint density at radius 1 is 1.28 bits per heavy atom. The second-order valence-electron chi connectivity index (χ2n) is 4.06. The van der Waals surface area contributed by atoms with E-state index in [1.165, 1.54) is 0 Å². The number of hydrogen-bond acceptors (Lipinski definition) is 3. The van der Waals surface area contributed by atoms with Crippen LogP contribution in [0.4, 0.5) is 0 Å². The average Bonchev–Trinajstić information content (AvgIpc) is 2.31. The van der Waals surface area contributed by atoms with Crippen molar-refractivity contribution in [2.45, 2.75) is 32.6 Å². The molecule has 0 aliphatic heterocycles. The molecule has 1 aromatic rings. The van der Waals surface area contributed by atoms with Crippen molar-refractivity contribution in [3.63, 3.8) is 0 Å². The summed E-state index contributed by atoms with van der Waals surface area (Å²) in [5.74, 6) is -0.412. The van der Waals surface area contributed by atoms with E-state index in [-0.39, 0.29) is 24.1 Å². The molecule has 1 aromatic carbocycles. The van der Waals surface area contributed by atoms with Crippen LogP contribution in [0.25, 0.3) is 0 Å². The van der Waals surface area contributed by atoms with Crippen LogP contribution in [-0.4, -0.2) is 18.4 Å². The molecule has 0 aliphatic rings. The summed E-state index contributed by atoms with van der Waals surface area (Å²) in [6.45, 7) is 3.70. The van der Waals surface area contributed by atoms with Gasteiger partial charge in [0.1, 0.15) is 5.78 Å². The van der Waals surface area contributed by atoms with Crippen LogP contribution in [-0.2, 0) is 14.3 Å². The van der Waals surface area contributed by atoms with E-state index in [0.29, 0.717) is 13.0 Å². The molecule has 3 nitrogen and oxygen atoms in total. The van der Waals surface area contributed by atoms with Gasteiger partial charge in [-0.05, 0) is 38.0 Å². The van der Waals surface area contributed by atoms with Gasteiger partial charge >= 0.3 is 5.97 Å². The lowest BCUT2D eigenvalue weighted by Gasteiger charge is -2.13. The van der Waals surface area contributed by atoms with E-state index in [1.54, 1.807) is 13.8 Å². The van der Waals surface area contributed by atoms with E-state index in [9.17, 15) is 9.59 Å². The maximum absolute atomic E-state index is 11.6. The first-order valence-corrected chi connectivity index (χ1v) is 6.75. The van der Waals surface area contributed by atoms with Crippen LogP contribution in [0.15, 0.2) is 28.7 Å². The lowest BCUT2D eigenvalue weighted by atomic mass is 9.91. The maximum Gasteiger partial charge on any atom is 0.305 e. The largest absolute Gasteiger partial charge is 0.466 e. The SMILES string of the molecule is CCOC(=O)CCC(C(C)=O)c1ccc(Br)cc1. The number of esters is 1. The number of hydrogen-bond donors (Lipinski definition) is 0. The zero-order valence-corrected chi connectivity index (χ0v) is 12.2. The van der Waals surface area contributed by atoms with Gasteiger partial charge in [0.2, 0.25) is 0 Å². The highest BCUT2D eigenvalue weighted by Crippen LogP contribution is 2.24. The lowest BCUT2D eigenvalue weighted by molar-refractivity contribution is -0.143. The minimum atomic E-state index is -0.249. The van der Waals surface area contributed by atoms with Crippen LogP contribution in [0.2, 0.25) is 0 Å². The van der Waals surface area contributed by atoms with Gasteiger partial charge in [-0.15, -0.1) is 0 Å². The smallest absolute Gasteiger partial charge is 0.305 e. The van der Waals surface area contributed by atoms with Gasteiger partial charge in [-0.1, -0.05) is 28.1 Å². The number of rotatable bonds is 6. The molecule has 0 heterocycles. The second-order valence-corrected chi connectivity index (χ2v) is 4.97. The number of ether oxygens (including phenoxy) is 1. The first kappa shape index (κ1) is 14.9. The average molecular weight is 313 g/mol. The molecule has 0 saturated carbocycles. The van der Waals surface area contributed by atoms with Crippen molar-refractivity contribution in [3.05, 3.63) is 34.3 Å². The zero-order valence-electron chi connectivity index (χ0n) is 10.6. The summed E-state index contributed by atoms with van der Waals surface area (Å²) in [4.78, 5) is 23.0. The van der Waals surface area contributed by atoms with Crippen LogP contribution < -0.4 is 0 Å². The molecule has 0 spiro atoms. The van der Waals surface area contributed by atoms with Gasteiger partial charge in [0.05, 0.1) is 6.61 Å². The molecular weight excluding hydrogens is 296 g/mol. The highest BCUT2D eigenvalue weighted by Gasteiger charge is 2.18. The van der Waals surface area contributed by atoms with E-state index in [4.69, 9.17) is 4.74 Å². The number of benzene rings is 1. The summed E-state index contributed by atoms with van der Waals surface area (Å²) in [7, 11) is 0. The Morgan fingerprint density at radius 3 is 2.39 bits per heavy atom. The van der Waals surface area contributed by atoms with Crippen LogP contribution in [0.3, 0.4) is 0 Å².